The third kappa shape index (κ3) is 3.12. The molecule has 19 heavy (non-hydrogen) atoms. The van der Waals surface area contributed by atoms with Crippen LogP contribution < -0.4 is 9.64 Å². The largest absolute Gasteiger partial charge is 0.508 e. The first-order valence-corrected chi connectivity index (χ1v) is 6.31. The predicted molar refractivity (Wildman–Crippen MR) is 78.2 cm³/mol. The van der Waals surface area contributed by atoms with Gasteiger partial charge in [0.25, 0.3) is 0 Å². The minimum Gasteiger partial charge on any atom is -0.508 e. The zero-order valence-electron chi connectivity index (χ0n) is 10.9. The molecule has 100 valence electrons. The summed E-state index contributed by atoms with van der Waals surface area (Å²) in [7, 11) is 3.59. The molecule has 0 radical (unpaired) electrons. The minimum atomic E-state index is 0.242. The summed E-state index contributed by atoms with van der Waals surface area (Å²) in [5.74, 6) is 1.04. The lowest BCUT2D eigenvalue weighted by molar-refractivity contribution is 0.414. The van der Waals surface area contributed by atoms with Gasteiger partial charge in [-0.2, -0.15) is 0 Å². The number of phenols is 1. The smallest absolute Gasteiger partial charge is 0.142 e. The molecule has 0 saturated carbocycles. The van der Waals surface area contributed by atoms with E-state index in [2.05, 4.69) is 0 Å². The standard InChI is InChI=1S/C15H16ClNO2/c1-17(13-5-3-4-6-15(13)19-2)10-11-9-12(16)7-8-14(11)18/h3-9,18H,10H2,1-2H3. The molecule has 0 aliphatic carbocycles. The second-order valence-electron chi connectivity index (χ2n) is 4.30. The molecule has 0 bridgehead atoms. The molecule has 0 amide bonds. The van der Waals surface area contributed by atoms with Gasteiger partial charge in [0, 0.05) is 24.2 Å². The Morgan fingerprint density at radius 1 is 1.21 bits per heavy atom. The highest BCUT2D eigenvalue weighted by atomic mass is 35.5. The van der Waals surface area contributed by atoms with Gasteiger partial charge in [-0.25, -0.2) is 0 Å². The summed E-state index contributed by atoms with van der Waals surface area (Å²) in [6.07, 6.45) is 0. The number of anilines is 1. The van der Waals surface area contributed by atoms with Crippen LogP contribution in [0.4, 0.5) is 5.69 Å². The van der Waals surface area contributed by atoms with Crippen molar-refractivity contribution in [1.29, 1.82) is 0 Å². The van der Waals surface area contributed by atoms with Crippen molar-refractivity contribution in [2.24, 2.45) is 0 Å². The van der Waals surface area contributed by atoms with Crippen LogP contribution in [-0.2, 0) is 6.54 Å². The van der Waals surface area contributed by atoms with E-state index in [1.165, 1.54) is 0 Å². The van der Waals surface area contributed by atoms with Gasteiger partial charge in [-0.15, -0.1) is 0 Å². The van der Waals surface area contributed by atoms with E-state index in [0.717, 1.165) is 17.0 Å². The van der Waals surface area contributed by atoms with Gasteiger partial charge in [-0.3, -0.25) is 0 Å². The van der Waals surface area contributed by atoms with Crippen LogP contribution in [0.1, 0.15) is 5.56 Å². The molecule has 2 rings (SSSR count). The molecule has 3 nitrogen and oxygen atoms in total. The van der Waals surface area contributed by atoms with Crippen LogP contribution in [0.3, 0.4) is 0 Å². The highest BCUT2D eigenvalue weighted by Gasteiger charge is 2.10. The summed E-state index contributed by atoms with van der Waals surface area (Å²) in [5, 5.41) is 10.5. The minimum absolute atomic E-state index is 0.242. The van der Waals surface area contributed by atoms with Gasteiger partial charge in [0.15, 0.2) is 0 Å². The maximum Gasteiger partial charge on any atom is 0.142 e. The fourth-order valence-corrected chi connectivity index (χ4v) is 2.16. The molecule has 0 unspecified atom stereocenters. The van der Waals surface area contributed by atoms with E-state index in [1.807, 2.05) is 36.2 Å². The van der Waals surface area contributed by atoms with Crippen molar-refractivity contribution < 1.29 is 9.84 Å². The average molecular weight is 278 g/mol. The second-order valence-corrected chi connectivity index (χ2v) is 4.74. The van der Waals surface area contributed by atoms with Gasteiger partial charge >= 0.3 is 0 Å². The number of hydrogen-bond donors (Lipinski definition) is 1. The zero-order valence-corrected chi connectivity index (χ0v) is 11.7. The summed E-state index contributed by atoms with van der Waals surface area (Å²) in [6, 6.07) is 12.8. The molecule has 2 aromatic rings. The predicted octanol–water partition coefficient (Wildman–Crippen LogP) is 3.69. The molecular formula is C15H16ClNO2. The van der Waals surface area contributed by atoms with Crippen LogP contribution in [-0.4, -0.2) is 19.3 Å². The monoisotopic (exact) mass is 277 g/mol. The van der Waals surface area contributed by atoms with Crippen LogP contribution in [0.5, 0.6) is 11.5 Å². The van der Waals surface area contributed by atoms with E-state index in [4.69, 9.17) is 16.3 Å². The molecule has 4 heteroatoms. The van der Waals surface area contributed by atoms with Crippen LogP contribution in [0.25, 0.3) is 0 Å². The molecule has 0 aliphatic rings. The maximum absolute atomic E-state index is 9.84. The molecule has 0 atom stereocenters. The average Bonchev–Trinajstić information content (AvgIpc) is 2.42. The van der Waals surface area contributed by atoms with Crippen molar-refractivity contribution >= 4 is 17.3 Å². The fraction of sp³-hybridized carbons (Fsp3) is 0.200. The number of halogens is 1. The number of aromatic hydroxyl groups is 1. The van der Waals surface area contributed by atoms with Crippen LogP contribution in [0.15, 0.2) is 42.5 Å². The SMILES string of the molecule is COc1ccccc1N(C)Cc1cc(Cl)ccc1O. The van der Waals surface area contributed by atoms with Gasteiger partial charge in [0.05, 0.1) is 12.8 Å². The Morgan fingerprint density at radius 3 is 2.68 bits per heavy atom. The van der Waals surface area contributed by atoms with E-state index in [0.29, 0.717) is 11.6 Å². The molecule has 2 aromatic carbocycles. The lowest BCUT2D eigenvalue weighted by Gasteiger charge is -2.22. The summed E-state index contributed by atoms with van der Waals surface area (Å²) in [4.78, 5) is 2.00. The fourth-order valence-electron chi connectivity index (χ4n) is 1.97. The molecule has 1 N–H and O–H groups in total. The first-order valence-electron chi connectivity index (χ1n) is 5.93. The Balaban J connectivity index is 2.25. The third-order valence-corrected chi connectivity index (χ3v) is 3.18. The third-order valence-electron chi connectivity index (χ3n) is 2.95. The Hall–Kier alpha value is -1.87. The number of benzene rings is 2. The summed E-state index contributed by atoms with van der Waals surface area (Å²) in [5.41, 5.74) is 1.74. The number of phenolic OH excluding ortho intramolecular Hbond substituents is 1. The molecule has 0 heterocycles. The number of rotatable bonds is 4. The van der Waals surface area contributed by atoms with Crippen molar-refractivity contribution in [3.8, 4) is 11.5 Å². The number of hydrogen-bond acceptors (Lipinski definition) is 3. The number of para-hydroxylation sites is 2. The normalized spacial score (nSPS) is 10.3. The van der Waals surface area contributed by atoms with Crippen LogP contribution in [0, 0.1) is 0 Å². The first-order chi connectivity index (χ1) is 9.11. The number of methoxy groups -OCH3 is 1. The Kier molecular flexibility index (Phi) is 4.17. The first kappa shape index (κ1) is 13.6. The van der Waals surface area contributed by atoms with E-state index in [9.17, 15) is 5.11 Å². The molecule has 0 saturated heterocycles. The molecular weight excluding hydrogens is 262 g/mol. The van der Waals surface area contributed by atoms with Crippen molar-refractivity contribution in [2.75, 3.05) is 19.1 Å². The lowest BCUT2D eigenvalue weighted by atomic mass is 10.1. The highest BCUT2D eigenvalue weighted by molar-refractivity contribution is 6.30. The van der Waals surface area contributed by atoms with Crippen molar-refractivity contribution in [3.63, 3.8) is 0 Å². The molecule has 0 aliphatic heterocycles. The zero-order chi connectivity index (χ0) is 13.8. The Morgan fingerprint density at radius 2 is 1.95 bits per heavy atom. The van der Waals surface area contributed by atoms with E-state index >= 15 is 0 Å². The van der Waals surface area contributed by atoms with Gasteiger partial charge < -0.3 is 14.7 Å². The highest BCUT2D eigenvalue weighted by Crippen LogP contribution is 2.30. The Labute approximate surface area is 118 Å². The van der Waals surface area contributed by atoms with Crippen molar-refractivity contribution in [1.82, 2.24) is 0 Å². The van der Waals surface area contributed by atoms with E-state index in [1.54, 1.807) is 25.3 Å². The van der Waals surface area contributed by atoms with Crippen LogP contribution >= 0.6 is 11.6 Å². The quantitative estimate of drug-likeness (QED) is 0.925. The summed E-state index contributed by atoms with van der Waals surface area (Å²) in [6.45, 7) is 0.548. The molecule has 0 spiro atoms. The molecule has 0 aromatic heterocycles. The number of nitrogens with zero attached hydrogens (tertiary/aromatic N) is 1. The summed E-state index contributed by atoms with van der Waals surface area (Å²) < 4.78 is 5.33. The van der Waals surface area contributed by atoms with E-state index in [-0.39, 0.29) is 5.75 Å². The van der Waals surface area contributed by atoms with Gasteiger partial charge in [-0.1, -0.05) is 23.7 Å². The summed E-state index contributed by atoms with van der Waals surface area (Å²) >= 11 is 5.95. The van der Waals surface area contributed by atoms with Crippen LogP contribution in [0.2, 0.25) is 5.02 Å². The van der Waals surface area contributed by atoms with Gasteiger partial charge in [0.1, 0.15) is 11.5 Å². The molecule has 0 fully saturated rings. The van der Waals surface area contributed by atoms with Crippen molar-refractivity contribution in [3.05, 3.63) is 53.1 Å². The van der Waals surface area contributed by atoms with Crippen molar-refractivity contribution in [2.45, 2.75) is 6.54 Å². The topological polar surface area (TPSA) is 32.7 Å². The lowest BCUT2D eigenvalue weighted by Crippen LogP contribution is -2.17. The maximum atomic E-state index is 9.84. The van der Waals surface area contributed by atoms with Gasteiger partial charge in [-0.05, 0) is 30.3 Å². The second kappa shape index (κ2) is 5.85. The van der Waals surface area contributed by atoms with Gasteiger partial charge in [0.2, 0.25) is 0 Å². The Bertz CT molecular complexity index is 572. The number of ether oxygens (including phenoxy) is 1. The van der Waals surface area contributed by atoms with E-state index < -0.39 is 0 Å².